The second-order valence-corrected chi connectivity index (χ2v) is 5.91. The molecule has 2 N–H and O–H groups in total. The summed E-state index contributed by atoms with van der Waals surface area (Å²) in [7, 11) is 0. The van der Waals surface area contributed by atoms with Gasteiger partial charge >= 0.3 is 0 Å². The van der Waals surface area contributed by atoms with E-state index in [9.17, 15) is 14.0 Å². The molecule has 2 amide bonds. The van der Waals surface area contributed by atoms with E-state index in [2.05, 4.69) is 15.7 Å². The summed E-state index contributed by atoms with van der Waals surface area (Å²) in [6.45, 7) is 0.0894. The van der Waals surface area contributed by atoms with Crippen molar-refractivity contribution in [3.05, 3.63) is 48.0 Å². The molecule has 24 heavy (non-hydrogen) atoms. The molecule has 3 rings (SSSR count). The van der Waals surface area contributed by atoms with Crippen LogP contribution in [-0.4, -0.2) is 27.6 Å². The van der Waals surface area contributed by atoms with E-state index in [0.29, 0.717) is 5.69 Å². The van der Waals surface area contributed by atoms with Gasteiger partial charge in [0.1, 0.15) is 12.4 Å². The van der Waals surface area contributed by atoms with Gasteiger partial charge in [0, 0.05) is 12.2 Å². The lowest BCUT2D eigenvalue weighted by Crippen LogP contribution is -2.35. The van der Waals surface area contributed by atoms with E-state index in [4.69, 9.17) is 0 Å². The summed E-state index contributed by atoms with van der Waals surface area (Å²) in [5, 5.41) is 9.59. The number of carbonyl (C=O) groups is 2. The Kier molecular flexibility index (Phi) is 4.88. The number of carbonyl (C=O) groups excluding carboxylic acids is 2. The summed E-state index contributed by atoms with van der Waals surface area (Å²) in [5.74, 6) is -1.24. The van der Waals surface area contributed by atoms with Gasteiger partial charge in [-0.05, 0) is 25.0 Å². The minimum Gasteiger partial charge on any atom is -0.352 e. The van der Waals surface area contributed by atoms with Crippen LogP contribution < -0.4 is 10.6 Å². The molecule has 0 spiro atoms. The van der Waals surface area contributed by atoms with Gasteiger partial charge < -0.3 is 10.6 Å². The molecule has 0 saturated heterocycles. The monoisotopic (exact) mass is 330 g/mol. The normalized spacial score (nSPS) is 14.5. The highest BCUT2D eigenvalue weighted by Gasteiger charge is 2.17. The first-order valence-corrected chi connectivity index (χ1v) is 7.99. The van der Waals surface area contributed by atoms with Gasteiger partial charge in [-0.25, -0.2) is 4.39 Å². The number of anilines is 1. The second-order valence-electron chi connectivity index (χ2n) is 5.91. The fraction of sp³-hybridized carbons (Fsp3) is 0.353. The van der Waals surface area contributed by atoms with Crippen molar-refractivity contribution in [2.24, 2.45) is 0 Å². The molecule has 0 aliphatic heterocycles. The molecule has 1 saturated carbocycles. The predicted octanol–water partition coefficient (Wildman–Crippen LogP) is 2.33. The quantitative estimate of drug-likeness (QED) is 0.883. The van der Waals surface area contributed by atoms with Crippen LogP contribution in [0.5, 0.6) is 0 Å². The summed E-state index contributed by atoms with van der Waals surface area (Å²) in [6, 6.07) is 6.01. The molecule has 2 aromatic rings. The Balaban J connectivity index is 1.56. The fourth-order valence-electron chi connectivity index (χ4n) is 2.85. The van der Waals surface area contributed by atoms with Crippen LogP contribution in [0, 0.1) is 5.82 Å². The van der Waals surface area contributed by atoms with Crippen molar-refractivity contribution < 1.29 is 14.0 Å². The minimum absolute atomic E-state index is 0.0378. The third kappa shape index (κ3) is 3.98. The van der Waals surface area contributed by atoms with Crippen LogP contribution in [0.25, 0.3) is 0 Å². The van der Waals surface area contributed by atoms with Crippen LogP contribution in [0.3, 0.4) is 0 Å². The Bertz CT molecular complexity index is 738. The highest BCUT2D eigenvalue weighted by atomic mass is 19.1. The minimum atomic E-state index is -0.585. The molecular formula is C17H19FN4O2. The van der Waals surface area contributed by atoms with Crippen LogP contribution in [0.15, 0.2) is 36.7 Å². The van der Waals surface area contributed by atoms with Crippen molar-refractivity contribution in [1.82, 2.24) is 15.1 Å². The highest BCUT2D eigenvalue weighted by molar-refractivity contribution is 6.04. The van der Waals surface area contributed by atoms with E-state index in [1.165, 1.54) is 29.1 Å². The van der Waals surface area contributed by atoms with E-state index >= 15 is 0 Å². The molecule has 0 atom stereocenters. The van der Waals surface area contributed by atoms with E-state index in [1.54, 1.807) is 12.3 Å². The zero-order valence-corrected chi connectivity index (χ0v) is 13.2. The van der Waals surface area contributed by atoms with E-state index in [-0.39, 0.29) is 24.1 Å². The zero-order valence-electron chi connectivity index (χ0n) is 13.2. The van der Waals surface area contributed by atoms with Crippen molar-refractivity contribution in [2.45, 2.75) is 38.3 Å². The lowest BCUT2D eigenvalue weighted by atomic mass is 10.2. The first-order chi connectivity index (χ1) is 11.6. The number of amides is 2. The van der Waals surface area contributed by atoms with Gasteiger partial charge in [-0.1, -0.05) is 25.0 Å². The highest BCUT2D eigenvalue weighted by Crippen LogP contribution is 2.17. The van der Waals surface area contributed by atoms with Crippen LogP contribution in [0.4, 0.5) is 10.1 Å². The summed E-state index contributed by atoms with van der Waals surface area (Å²) >= 11 is 0. The van der Waals surface area contributed by atoms with Gasteiger partial charge in [0.05, 0.1) is 17.4 Å². The topological polar surface area (TPSA) is 76.0 Å². The van der Waals surface area contributed by atoms with Gasteiger partial charge in [0.25, 0.3) is 5.91 Å². The van der Waals surface area contributed by atoms with Crippen LogP contribution in [-0.2, 0) is 11.3 Å². The van der Waals surface area contributed by atoms with Crippen LogP contribution in [0.2, 0.25) is 0 Å². The summed E-state index contributed by atoms with van der Waals surface area (Å²) < 4.78 is 15.0. The number of rotatable bonds is 5. The lowest BCUT2D eigenvalue weighted by Gasteiger charge is -2.11. The summed E-state index contributed by atoms with van der Waals surface area (Å²) in [6.07, 6.45) is 7.33. The number of halogens is 1. The number of nitrogens with one attached hydrogen (secondary N) is 2. The molecule has 1 fully saturated rings. The van der Waals surface area contributed by atoms with Crippen molar-refractivity contribution in [3.8, 4) is 0 Å². The molecule has 0 unspecified atom stereocenters. The molecule has 6 nitrogen and oxygen atoms in total. The fourth-order valence-corrected chi connectivity index (χ4v) is 2.85. The molecule has 0 bridgehead atoms. The summed E-state index contributed by atoms with van der Waals surface area (Å²) in [5.41, 5.74) is 0.376. The van der Waals surface area contributed by atoms with Gasteiger partial charge in [-0.15, -0.1) is 0 Å². The Morgan fingerprint density at radius 1 is 1.25 bits per heavy atom. The number of hydrogen-bond donors (Lipinski definition) is 2. The standard InChI is InChI=1S/C17H19FN4O2/c18-15-8-4-3-7-14(15)17(24)21-13-9-19-22(10-13)11-16(23)20-12-5-1-2-6-12/h3-4,7-10,12H,1-2,5-6,11H2,(H,20,23)(H,21,24). The third-order valence-electron chi connectivity index (χ3n) is 4.04. The Labute approximate surface area is 139 Å². The van der Waals surface area contributed by atoms with E-state index < -0.39 is 11.7 Å². The van der Waals surface area contributed by atoms with Gasteiger partial charge in [0.15, 0.2) is 0 Å². The molecule has 7 heteroatoms. The lowest BCUT2D eigenvalue weighted by molar-refractivity contribution is -0.122. The molecule has 1 aliphatic carbocycles. The van der Waals surface area contributed by atoms with Crippen LogP contribution in [0.1, 0.15) is 36.0 Å². The summed E-state index contributed by atoms with van der Waals surface area (Å²) in [4.78, 5) is 24.0. The first-order valence-electron chi connectivity index (χ1n) is 7.99. The first kappa shape index (κ1) is 16.2. The molecule has 1 heterocycles. The SMILES string of the molecule is O=C(Cn1cc(NC(=O)c2ccccc2F)cn1)NC1CCCC1. The van der Waals surface area contributed by atoms with E-state index in [0.717, 1.165) is 25.7 Å². The largest absolute Gasteiger partial charge is 0.352 e. The number of benzene rings is 1. The average Bonchev–Trinajstić information content (AvgIpc) is 3.20. The van der Waals surface area contributed by atoms with Crippen molar-refractivity contribution in [2.75, 3.05) is 5.32 Å². The maximum atomic E-state index is 13.6. The maximum absolute atomic E-state index is 13.6. The number of nitrogens with zero attached hydrogens (tertiary/aromatic N) is 2. The van der Waals surface area contributed by atoms with E-state index in [1.807, 2.05) is 0 Å². The molecule has 126 valence electrons. The van der Waals surface area contributed by atoms with Crippen molar-refractivity contribution in [1.29, 1.82) is 0 Å². The number of hydrogen-bond acceptors (Lipinski definition) is 3. The Morgan fingerprint density at radius 2 is 2.00 bits per heavy atom. The predicted molar refractivity (Wildman–Crippen MR) is 87.0 cm³/mol. The van der Waals surface area contributed by atoms with Gasteiger partial charge in [0.2, 0.25) is 5.91 Å². The third-order valence-corrected chi connectivity index (χ3v) is 4.04. The molecule has 1 aliphatic rings. The van der Waals surface area contributed by atoms with Gasteiger partial charge in [-0.2, -0.15) is 5.10 Å². The average molecular weight is 330 g/mol. The maximum Gasteiger partial charge on any atom is 0.258 e. The molecule has 1 aromatic carbocycles. The van der Waals surface area contributed by atoms with Crippen LogP contribution >= 0.6 is 0 Å². The molecular weight excluding hydrogens is 311 g/mol. The Hall–Kier alpha value is -2.70. The molecule has 1 aromatic heterocycles. The zero-order chi connectivity index (χ0) is 16.9. The molecule has 0 radical (unpaired) electrons. The Morgan fingerprint density at radius 3 is 2.75 bits per heavy atom. The second kappa shape index (κ2) is 7.25. The van der Waals surface area contributed by atoms with Crippen molar-refractivity contribution in [3.63, 3.8) is 0 Å². The van der Waals surface area contributed by atoms with Crippen molar-refractivity contribution >= 4 is 17.5 Å². The smallest absolute Gasteiger partial charge is 0.258 e. The van der Waals surface area contributed by atoms with Gasteiger partial charge in [-0.3, -0.25) is 14.3 Å². The number of aromatic nitrogens is 2.